The molecule has 2 N–H and O–H groups in total. The Morgan fingerprint density at radius 1 is 1.10 bits per heavy atom. The van der Waals surface area contributed by atoms with Crippen molar-refractivity contribution < 1.29 is 4.74 Å². The fourth-order valence-electron chi connectivity index (χ4n) is 2.72. The zero-order chi connectivity index (χ0) is 15.2. The molecular weight excluding hydrogens is 464 g/mol. The van der Waals surface area contributed by atoms with E-state index in [4.69, 9.17) is 10.5 Å². The maximum Gasteiger partial charge on any atom is 0.147 e. The number of halogens is 3. The van der Waals surface area contributed by atoms with Gasteiger partial charge >= 0.3 is 0 Å². The van der Waals surface area contributed by atoms with E-state index in [2.05, 4.69) is 52.7 Å². The summed E-state index contributed by atoms with van der Waals surface area (Å²) < 4.78 is 7.20. The van der Waals surface area contributed by atoms with Gasteiger partial charge in [0.15, 0.2) is 0 Å². The van der Waals surface area contributed by atoms with Crippen LogP contribution < -0.4 is 10.5 Å². The number of nitrogen functional groups attached to an aromatic ring is 1. The molecule has 3 heterocycles. The van der Waals surface area contributed by atoms with Gasteiger partial charge in [0.2, 0.25) is 0 Å². The molecule has 21 heavy (non-hydrogen) atoms. The Morgan fingerprint density at radius 3 is 1.95 bits per heavy atom. The number of nitrogens with zero attached hydrogens (tertiary/aromatic N) is 1. The van der Waals surface area contributed by atoms with E-state index in [0.29, 0.717) is 12.3 Å². The summed E-state index contributed by atoms with van der Waals surface area (Å²) in [5, 5.41) is 0.802. The van der Waals surface area contributed by atoms with Gasteiger partial charge in [-0.1, -0.05) is 15.9 Å². The Bertz CT molecular complexity index is 416. The van der Waals surface area contributed by atoms with Crippen LogP contribution in [0.2, 0.25) is 0 Å². The van der Waals surface area contributed by atoms with Crippen LogP contribution >= 0.6 is 47.8 Å². The second-order valence-corrected chi connectivity index (χ2v) is 7.93. The molecule has 0 aliphatic carbocycles. The summed E-state index contributed by atoms with van der Waals surface area (Å²) in [6.45, 7) is 4.81. The number of rotatable bonds is 3. The van der Waals surface area contributed by atoms with Crippen molar-refractivity contribution in [1.29, 1.82) is 0 Å². The summed E-state index contributed by atoms with van der Waals surface area (Å²) in [6.07, 6.45) is 4.46. The van der Waals surface area contributed by atoms with Gasteiger partial charge in [0.05, 0.1) is 15.6 Å². The maximum absolute atomic E-state index is 5.63. The van der Waals surface area contributed by atoms with E-state index in [1.54, 1.807) is 0 Å². The SMILES string of the molecule is C1CN2CCC1CC2.Nc1cc(Br)c(OCCBr)c(Br)c1. The van der Waals surface area contributed by atoms with Crippen LogP contribution in [-0.4, -0.2) is 36.5 Å². The highest BCUT2D eigenvalue weighted by Crippen LogP contribution is 2.35. The number of fused-ring (bicyclic) bond motifs is 3. The van der Waals surface area contributed by atoms with Gasteiger partial charge in [-0.15, -0.1) is 0 Å². The number of hydrogen-bond acceptors (Lipinski definition) is 3. The van der Waals surface area contributed by atoms with E-state index in [-0.39, 0.29) is 0 Å². The van der Waals surface area contributed by atoms with Gasteiger partial charge in [0, 0.05) is 11.0 Å². The Labute approximate surface area is 152 Å². The molecule has 0 aromatic heterocycles. The fourth-order valence-corrected chi connectivity index (χ4v) is 4.33. The van der Waals surface area contributed by atoms with Crippen molar-refractivity contribution in [1.82, 2.24) is 4.90 Å². The average molecular weight is 485 g/mol. The smallest absolute Gasteiger partial charge is 0.147 e. The van der Waals surface area contributed by atoms with E-state index in [1.807, 2.05) is 12.1 Å². The molecule has 6 heteroatoms. The molecular formula is C15H21Br3N2O. The van der Waals surface area contributed by atoms with Gasteiger partial charge in [0.25, 0.3) is 0 Å². The molecule has 2 bridgehead atoms. The Kier molecular flexibility index (Phi) is 7.32. The van der Waals surface area contributed by atoms with Gasteiger partial charge in [-0.05, 0) is 88.8 Å². The van der Waals surface area contributed by atoms with E-state index in [1.165, 1.54) is 38.9 Å². The molecule has 3 aliphatic rings. The molecule has 3 nitrogen and oxygen atoms in total. The molecule has 1 aromatic rings. The Balaban J connectivity index is 0.000000170. The highest BCUT2D eigenvalue weighted by atomic mass is 79.9. The highest BCUT2D eigenvalue weighted by molar-refractivity contribution is 9.11. The van der Waals surface area contributed by atoms with Gasteiger partial charge < -0.3 is 15.4 Å². The van der Waals surface area contributed by atoms with Crippen molar-refractivity contribution in [2.45, 2.75) is 19.3 Å². The van der Waals surface area contributed by atoms with E-state index >= 15 is 0 Å². The first kappa shape index (κ1) is 17.6. The van der Waals surface area contributed by atoms with Crippen LogP contribution in [-0.2, 0) is 0 Å². The van der Waals surface area contributed by atoms with Crippen molar-refractivity contribution in [2.24, 2.45) is 5.92 Å². The first-order chi connectivity index (χ1) is 10.1. The molecule has 118 valence electrons. The third-order valence-electron chi connectivity index (χ3n) is 3.90. The van der Waals surface area contributed by atoms with Crippen LogP contribution in [0.5, 0.6) is 5.75 Å². The third kappa shape index (κ3) is 5.41. The lowest BCUT2D eigenvalue weighted by Crippen LogP contribution is -2.41. The predicted molar refractivity (Wildman–Crippen MR) is 99.3 cm³/mol. The van der Waals surface area contributed by atoms with Crippen molar-refractivity contribution in [3.63, 3.8) is 0 Å². The molecule has 3 aliphatic heterocycles. The van der Waals surface area contributed by atoms with Crippen LogP contribution in [0.25, 0.3) is 0 Å². The molecule has 0 spiro atoms. The third-order valence-corrected chi connectivity index (χ3v) is 5.41. The Hall–Kier alpha value is 0.220. The molecule has 0 saturated carbocycles. The van der Waals surface area contributed by atoms with Crippen LogP contribution in [0.15, 0.2) is 21.1 Å². The monoisotopic (exact) mass is 482 g/mol. The Morgan fingerprint density at radius 2 is 1.62 bits per heavy atom. The zero-order valence-electron chi connectivity index (χ0n) is 12.0. The highest BCUT2D eigenvalue weighted by Gasteiger charge is 2.24. The summed E-state index contributed by atoms with van der Waals surface area (Å²) in [7, 11) is 0. The van der Waals surface area contributed by atoms with E-state index in [9.17, 15) is 0 Å². The van der Waals surface area contributed by atoms with Crippen LogP contribution in [0.3, 0.4) is 0 Å². The van der Waals surface area contributed by atoms with Crippen LogP contribution in [0.1, 0.15) is 19.3 Å². The average Bonchev–Trinajstić information content (AvgIpc) is 2.49. The standard InChI is InChI=1S/C8H8Br3NO.C7H13N/c9-1-2-13-8-6(10)3-5(12)4-7(8)11;1-4-8-5-2-7(1)3-6-8/h3-4H,1-2,12H2;7H,1-6H2. The number of anilines is 1. The number of piperidine rings is 3. The summed E-state index contributed by atoms with van der Waals surface area (Å²) in [5.41, 5.74) is 6.33. The van der Waals surface area contributed by atoms with Crippen molar-refractivity contribution >= 4 is 53.5 Å². The summed E-state index contributed by atoms with van der Waals surface area (Å²) in [4.78, 5) is 2.58. The van der Waals surface area contributed by atoms with Crippen molar-refractivity contribution in [3.8, 4) is 5.75 Å². The first-order valence-electron chi connectivity index (χ1n) is 7.25. The van der Waals surface area contributed by atoms with Crippen LogP contribution in [0, 0.1) is 5.92 Å². The van der Waals surface area contributed by atoms with Crippen molar-refractivity contribution in [2.75, 3.05) is 37.3 Å². The minimum Gasteiger partial charge on any atom is -0.490 e. The second kappa shape index (κ2) is 8.75. The number of benzene rings is 1. The molecule has 3 saturated heterocycles. The molecule has 0 radical (unpaired) electrons. The number of nitrogens with two attached hydrogens (primary N) is 1. The van der Waals surface area contributed by atoms with Crippen LogP contribution in [0.4, 0.5) is 5.69 Å². The molecule has 1 aromatic carbocycles. The molecule has 3 fully saturated rings. The van der Waals surface area contributed by atoms with Crippen molar-refractivity contribution in [3.05, 3.63) is 21.1 Å². The van der Waals surface area contributed by atoms with Gasteiger partial charge in [-0.2, -0.15) is 0 Å². The quantitative estimate of drug-likeness (QED) is 0.500. The molecule has 0 amide bonds. The minimum absolute atomic E-state index is 0.626. The molecule has 4 rings (SSSR count). The maximum atomic E-state index is 5.63. The fraction of sp³-hybridized carbons (Fsp3) is 0.600. The summed E-state index contributed by atoms with van der Waals surface area (Å²) in [6, 6.07) is 3.63. The van der Waals surface area contributed by atoms with Gasteiger partial charge in [0.1, 0.15) is 5.75 Å². The number of hydrogen-bond donors (Lipinski definition) is 1. The van der Waals surface area contributed by atoms with E-state index in [0.717, 1.165) is 25.9 Å². The lowest BCUT2D eigenvalue weighted by molar-refractivity contribution is 0.111. The lowest BCUT2D eigenvalue weighted by Gasteiger charge is -2.38. The largest absolute Gasteiger partial charge is 0.490 e. The summed E-state index contributed by atoms with van der Waals surface area (Å²) in [5.74, 6) is 1.90. The first-order valence-corrected chi connectivity index (χ1v) is 9.96. The second-order valence-electron chi connectivity index (χ2n) is 5.42. The zero-order valence-corrected chi connectivity index (χ0v) is 16.7. The topological polar surface area (TPSA) is 38.5 Å². The molecule has 0 unspecified atom stereocenters. The molecule has 0 atom stereocenters. The van der Waals surface area contributed by atoms with E-state index < -0.39 is 0 Å². The predicted octanol–water partition coefficient (Wildman–Crippen LogP) is 4.67. The van der Waals surface area contributed by atoms with Gasteiger partial charge in [-0.25, -0.2) is 0 Å². The van der Waals surface area contributed by atoms with Gasteiger partial charge in [-0.3, -0.25) is 0 Å². The summed E-state index contributed by atoms with van der Waals surface area (Å²) >= 11 is 10.0. The number of alkyl halides is 1. The normalized spacial score (nSPS) is 23.4. The minimum atomic E-state index is 0.626. The lowest BCUT2D eigenvalue weighted by atomic mass is 9.89. The number of ether oxygens (including phenoxy) is 1.